The van der Waals surface area contributed by atoms with Crippen LogP contribution >= 0.6 is 35.0 Å². The molecule has 0 spiro atoms. The minimum Gasteiger partial charge on any atom is -0.342 e. The van der Waals surface area contributed by atoms with Crippen molar-refractivity contribution in [2.75, 3.05) is 13.1 Å². The molecule has 156 valence electrons. The molecule has 1 fully saturated rings. The monoisotopic (exact) mass is 461 g/mol. The van der Waals surface area contributed by atoms with Crippen LogP contribution in [0.3, 0.4) is 0 Å². The third kappa shape index (κ3) is 4.09. The Kier molecular flexibility index (Phi) is 6.37. The van der Waals surface area contributed by atoms with Crippen molar-refractivity contribution in [2.45, 2.75) is 36.6 Å². The third-order valence-corrected chi connectivity index (χ3v) is 7.26. The molecule has 2 heterocycles. The Balaban J connectivity index is 1.83. The van der Waals surface area contributed by atoms with Crippen molar-refractivity contribution < 1.29 is 4.79 Å². The van der Waals surface area contributed by atoms with Gasteiger partial charge in [0.2, 0.25) is 5.91 Å². The molecule has 1 amide bonds. The Hall–Kier alpha value is -2.02. The molecule has 0 saturated carbocycles. The Labute approximate surface area is 189 Å². The second-order valence-electron chi connectivity index (χ2n) is 7.20. The van der Waals surface area contributed by atoms with Gasteiger partial charge in [0.1, 0.15) is 0 Å². The highest BCUT2D eigenvalue weighted by molar-refractivity contribution is 8.00. The first kappa shape index (κ1) is 21.2. The summed E-state index contributed by atoms with van der Waals surface area (Å²) >= 11 is 13.6. The lowest BCUT2D eigenvalue weighted by Gasteiger charge is -2.23. The number of aromatic nitrogens is 2. The third-order valence-electron chi connectivity index (χ3n) is 5.22. The van der Waals surface area contributed by atoms with Crippen molar-refractivity contribution in [1.82, 2.24) is 14.5 Å². The summed E-state index contributed by atoms with van der Waals surface area (Å²) in [5.74, 6) is 0.100. The van der Waals surface area contributed by atoms with Gasteiger partial charge in [0.15, 0.2) is 5.16 Å². The Morgan fingerprint density at radius 3 is 2.57 bits per heavy atom. The van der Waals surface area contributed by atoms with E-state index in [1.54, 1.807) is 24.3 Å². The molecule has 1 aliphatic rings. The molecular weight excluding hydrogens is 441 g/mol. The maximum atomic E-state index is 13.4. The highest BCUT2D eigenvalue weighted by Crippen LogP contribution is 2.31. The first-order chi connectivity index (χ1) is 14.5. The van der Waals surface area contributed by atoms with Crippen LogP contribution in [0.5, 0.6) is 0 Å². The van der Waals surface area contributed by atoms with Crippen LogP contribution in [-0.2, 0) is 4.79 Å². The fourth-order valence-corrected chi connectivity index (χ4v) is 5.03. The van der Waals surface area contributed by atoms with Crippen LogP contribution in [0, 0.1) is 0 Å². The van der Waals surface area contributed by atoms with Crippen LogP contribution in [0.15, 0.2) is 52.4 Å². The molecule has 30 heavy (non-hydrogen) atoms. The van der Waals surface area contributed by atoms with E-state index in [0.29, 0.717) is 38.2 Å². The first-order valence-electron chi connectivity index (χ1n) is 9.92. The summed E-state index contributed by atoms with van der Waals surface area (Å²) in [6.45, 7) is 3.57. The van der Waals surface area contributed by atoms with Crippen molar-refractivity contribution in [3.8, 4) is 5.69 Å². The molecule has 0 aliphatic carbocycles. The van der Waals surface area contributed by atoms with E-state index in [9.17, 15) is 9.59 Å². The van der Waals surface area contributed by atoms with Crippen LogP contribution in [0.1, 0.15) is 26.2 Å². The summed E-state index contributed by atoms with van der Waals surface area (Å²) in [6, 6.07) is 12.3. The molecule has 5 nitrogen and oxygen atoms in total. The van der Waals surface area contributed by atoms with E-state index in [0.717, 1.165) is 25.9 Å². The van der Waals surface area contributed by atoms with Crippen LogP contribution < -0.4 is 5.56 Å². The molecule has 2 aromatic carbocycles. The topological polar surface area (TPSA) is 55.2 Å². The number of rotatable bonds is 5. The fraction of sp³-hybridized carbons (Fsp3) is 0.318. The quantitative estimate of drug-likeness (QED) is 0.387. The van der Waals surface area contributed by atoms with Gasteiger partial charge >= 0.3 is 0 Å². The normalized spacial score (nSPS) is 15.0. The molecule has 0 N–H and O–H groups in total. The van der Waals surface area contributed by atoms with Gasteiger partial charge in [-0.25, -0.2) is 4.98 Å². The fourth-order valence-electron chi connectivity index (χ4n) is 3.62. The summed E-state index contributed by atoms with van der Waals surface area (Å²) in [5.41, 5.74) is 0.966. The number of hydrogen-bond acceptors (Lipinski definition) is 4. The molecule has 3 aromatic rings. The van der Waals surface area contributed by atoms with E-state index in [4.69, 9.17) is 28.2 Å². The second-order valence-corrected chi connectivity index (χ2v) is 9.18. The zero-order valence-electron chi connectivity index (χ0n) is 16.5. The summed E-state index contributed by atoms with van der Waals surface area (Å²) in [7, 11) is 0. The maximum absolute atomic E-state index is 13.4. The van der Waals surface area contributed by atoms with Gasteiger partial charge in [-0.3, -0.25) is 14.2 Å². The van der Waals surface area contributed by atoms with Gasteiger partial charge in [0.25, 0.3) is 5.56 Å². The number of likely N-dealkylation sites (tertiary alicyclic amines) is 1. The van der Waals surface area contributed by atoms with Crippen molar-refractivity contribution in [3.05, 3.63) is 62.9 Å². The highest BCUT2D eigenvalue weighted by Gasteiger charge is 2.28. The van der Waals surface area contributed by atoms with Crippen LogP contribution in [0.4, 0.5) is 0 Å². The number of para-hydroxylation sites is 1. The number of fused-ring (bicyclic) bond motifs is 1. The van der Waals surface area contributed by atoms with Gasteiger partial charge in [0, 0.05) is 13.1 Å². The number of carbonyl (C=O) groups is 1. The minimum atomic E-state index is -0.315. The van der Waals surface area contributed by atoms with E-state index in [2.05, 4.69) is 0 Å². The molecule has 1 atom stereocenters. The molecule has 1 aliphatic heterocycles. The number of benzene rings is 2. The van der Waals surface area contributed by atoms with Crippen molar-refractivity contribution in [1.29, 1.82) is 0 Å². The van der Waals surface area contributed by atoms with E-state index < -0.39 is 0 Å². The first-order valence-corrected chi connectivity index (χ1v) is 11.6. The zero-order valence-corrected chi connectivity index (χ0v) is 18.8. The molecule has 1 aromatic heterocycles. The molecule has 1 unspecified atom stereocenters. The smallest absolute Gasteiger partial charge is 0.266 e. The van der Waals surface area contributed by atoms with Gasteiger partial charge in [-0.1, -0.05) is 54.0 Å². The molecular formula is C22H21Cl2N3O2S. The van der Waals surface area contributed by atoms with Crippen molar-refractivity contribution >= 4 is 51.8 Å². The number of amides is 1. The van der Waals surface area contributed by atoms with Gasteiger partial charge in [-0.2, -0.15) is 0 Å². The minimum absolute atomic E-state index is 0.100. The number of nitrogens with zero attached hydrogens (tertiary/aromatic N) is 3. The summed E-state index contributed by atoms with van der Waals surface area (Å²) in [4.78, 5) is 33.1. The van der Waals surface area contributed by atoms with Crippen LogP contribution in [0.25, 0.3) is 16.6 Å². The Morgan fingerprint density at radius 2 is 1.87 bits per heavy atom. The standard InChI is InChI=1S/C22H21Cl2N3O2S/c1-2-19(21(29)26-11-5-6-12-26)30-22-25-18-8-4-3-7-15(18)20(28)27(22)14-9-10-16(23)17(24)13-14/h3-4,7-10,13,19H,2,5-6,11-12H2,1H3. The van der Waals surface area contributed by atoms with Gasteiger partial charge in [0.05, 0.1) is 31.9 Å². The molecule has 4 rings (SSSR count). The number of hydrogen-bond donors (Lipinski definition) is 0. The average molecular weight is 462 g/mol. The van der Waals surface area contributed by atoms with Crippen molar-refractivity contribution in [2.24, 2.45) is 0 Å². The number of halogens is 2. The predicted molar refractivity (Wildman–Crippen MR) is 123 cm³/mol. The van der Waals surface area contributed by atoms with Gasteiger partial charge in [-0.15, -0.1) is 0 Å². The van der Waals surface area contributed by atoms with E-state index in [1.165, 1.54) is 16.3 Å². The maximum Gasteiger partial charge on any atom is 0.266 e. The molecule has 0 bridgehead atoms. The van der Waals surface area contributed by atoms with Gasteiger partial charge in [-0.05, 0) is 49.6 Å². The van der Waals surface area contributed by atoms with Crippen molar-refractivity contribution in [3.63, 3.8) is 0 Å². The van der Waals surface area contributed by atoms with E-state index >= 15 is 0 Å². The Bertz CT molecular complexity index is 1160. The highest BCUT2D eigenvalue weighted by atomic mass is 35.5. The van der Waals surface area contributed by atoms with Crippen LogP contribution in [-0.4, -0.2) is 38.7 Å². The lowest BCUT2D eigenvalue weighted by Crippen LogP contribution is -2.35. The summed E-state index contributed by atoms with van der Waals surface area (Å²) < 4.78 is 1.52. The average Bonchev–Trinajstić information content (AvgIpc) is 3.29. The van der Waals surface area contributed by atoms with E-state index in [-0.39, 0.29) is 16.7 Å². The second kappa shape index (κ2) is 9.00. The molecule has 8 heteroatoms. The van der Waals surface area contributed by atoms with Gasteiger partial charge < -0.3 is 4.90 Å². The number of thioether (sulfide) groups is 1. The lowest BCUT2D eigenvalue weighted by molar-refractivity contribution is -0.129. The summed E-state index contributed by atoms with van der Waals surface area (Å²) in [6.07, 6.45) is 2.72. The van der Waals surface area contributed by atoms with Crippen LogP contribution in [0.2, 0.25) is 10.0 Å². The zero-order chi connectivity index (χ0) is 21.3. The largest absolute Gasteiger partial charge is 0.342 e. The summed E-state index contributed by atoms with van der Waals surface area (Å²) in [5, 5.41) is 1.42. The van der Waals surface area contributed by atoms with E-state index in [1.807, 2.05) is 30.0 Å². The SMILES string of the molecule is CCC(Sc1nc2ccccc2c(=O)n1-c1ccc(Cl)c(Cl)c1)C(=O)N1CCCC1. The number of carbonyl (C=O) groups excluding carboxylic acids is 1. The molecule has 0 radical (unpaired) electrons. The lowest BCUT2D eigenvalue weighted by atomic mass is 10.2. The predicted octanol–water partition coefficient (Wildman–Crippen LogP) is 5.19. The molecule has 1 saturated heterocycles. The Morgan fingerprint density at radius 1 is 1.13 bits per heavy atom.